The van der Waals surface area contributed by atoms with E-state index in [0.29, 0.717) is 6.04 Å². The molecular weight excluding hydrogens is 246 g/mol. The van der Waals surface area contributed by atoms with Crippen LogP contribution in [-0.2, 0) is 6.54 Å². The molecule has 0 radical (unpaired) electrons. The molecule has 0 amide bonds. The molecule has 1 unspecified atom stereocenters. The van der Waals surface area contributed by atoms with E-state index >= 15 is 0 Å². The molecule has 1 saturated carbocycles. The molecule has 20 heavy (non-hydrogen) atoms. The molecule has 2 rings (SSSR count). The van der Waals surface area contributed by atoms with Crippen molar-refractivity contribution in [1.82, 2.24) is 15.1 Å². The number of hydrogen-bond acceptors (Lipinski definition) is 2. The quantitative estimate of drug-likeness (QED) is 0.811. The molecule has 1 aliphatic rings. The largest absolute Gasteiger partial charge is 0.311 e. The van der Waals surface area contributed by atoms with Gasteiger partial charge in [-0.15, -0.1) is 0 Å². The van der Waals surface area contributed by atoms with Gasteiger partial charge in [0.25, 0.3) is 0 Å². The van der Waals surface area contributed by atoms with Crippen molar-refractivity contribution in [3.63, 3.8) is 0 Å². The third kappa shape index (κ3) is 3.63. The van der Waals surface area contributed by atoms with Crippen molar-refractivity contribution in [3.05, 3.63) is 18.0 Å². The van der Waals surface area contributed by atoms with Crippen LogP contribution < -0.4 is 5.32 Å². The summed E-state index contributed by atoms with van der Waals surface area (Å²) in [5.74, 6) is 1.76. The maximum absolute atomic E-state index is 4.43. The molecule has 0 saturated heterocycles. The fourth-order valence-electron chi connectivity index (χ4n) is 3.80. The van der Waals surface area contributed by atoms with Crippen LogP contribution in [0.15, 0.2) is 12.3 Å². The maximum Gasteiger partial charge on any atom is 0.0556 e. The molecule has 1 aromatic rings. The second-order valence-electron chi connectivity index (χ2n) is 6.26. The molecule has 0 aliphatic heterocycles. The van der Waals surface area contributed by atoms with Crippen molar-refractivity contribution in [2.75, 3.05) is 7.05 Å². The highest BCUT2D eigenvalue weighted by Crippen LogP contribution is 2.38. The Bertz CT molecular complexity index is 377. The van der Waals surface area contributed by atoms with Gasteiger partial charge in [-0.25, -0.2) is 0 Å². The Hall–Kier alpha value is -0.830. The molecular formula is C17H31N3. The van der Waals surface area contributed by atoms with Gasteiger partial charge in [0.2, 0.25) is 0 Å². The zero-order chi connectivity index (χ0) is 14.4. The minimum Gasteiger partial charge on any atom is -0.311 e. The Morgan fingerprint density at radius 3 is 2.65 bits per heavy atom. The summed E-state index contributed by atoms with van der Waals surface area (Å²) in [7, 11) is 2.10. The summed E-state index contributed by atoms with van der Waals surface area (Å²) in [6.07, 6.45) is 11.7. The van der Waals surface area contributed by atoms with Gasteiger partial charge in [-0.1, -0.05) is 39.0 Å². The number of hydrogen-bond donors (Lipinski definition) is 1. The lowest BCUT2D eigenvalue weighted by molar-refractivity contribution is 0.212. The van der Waals surface area contributed by atoms with Gasteiger partial charge >= 0.3 is 0 Å². The average molecular weight is 277 g/mol. The Balaban J connectivity index is 1.93. The molecule has 114 valence electrons. The Labute approximate surface area is 124 Å². The number of aryl methyl sites for hydroxylation is 1. The minimum absolute atomic E-state index is 0.476. The summed E-state index contributed by atoms with van der Waals surface area (Å²) in [4.78, 5) is 0. The first kappa shape index (κ1) is 15.6. The molecule has 3 heteroatoms. The summed E-state index contributed by atoms with van der Waals surface area (Å²) in [6, 6.07) is 2.66. The number of nitrogens with zero attached hydrogens (tertiary/aromatic N) is 2. The lowest BCUT2D eigenvalue weighted by Gasteiger charge is -2.34. The van der Waals surface area contributed by atoms with E-state index in [4.69, 9.17) is 0 Å². The van der Waals surface area contributed by atoms with Crippen LogP contribution in [0, 0.1) is 11.8 Å². The van der Waals surface area contributed by atoms with Crippen LogP contribution in [-0.4, -0.2) is 16.8 Å². The van der Waals surface area contributed by atoms with E-state index in [1.54, 1.807) is 0 Å². The number of unbranched alkanes of at least 4 members (excludes halogenated alkanes) is 1. The zero-order valence-corrected chi connectivity index (χ0v) is 13.4. The van der Waals surface area contributed by atoms with Gasteiger partial charge in [0.05, 0.1) is 11.7 Å². The molecule has 1 atom stereocenters. The fraction of sp³-hybridized carbons (Fsp3) is 0.824. The maximum atomic E-state index is 4.43. The summed E-state index contributed by atoms with van der Waals surface area (Å²) in [5, 5.41) is 7.98. The van der Waals surface area contributed by atoms with Gasteiger partial charge < -0.3 is 5.32 Å². The highest BCUT2D eigenvalue weighted by molar-refractivity contribution is 5.09. The van der Waals surface area contributed by atoms with E-state index in [-0.39, 0.29) is 0 Å². The first-order valence-electron chi connectivity index (χ1n) is 8.49. The monoisotopic (exact) mass is 277 g/mol. The standard InChI is InChI=1S/C17H31N3/c1-4-6-7-14-8-10-15(11-9-14)17(18-3)16-12-13-19-20(16)5-2/h12-15,17-18H,4-11H2,1-3H3. The predicted molar refractivity (Wildman–Crippen MR) is 84.7 cm³/mol. The van der Waals surface area contributed by atoms with Crippen molar-refractivity contribution in [2.45, 2.75) is 71.4 Å². The van der Waals surface area contributed by atoms with Crippen LogP contribution in [0.3, 0.4) is 0 Å². The van der Waals surface area contributed by atoms with Gasteiger partial charge in [-0.2, -0.15) is 5.10 Å². The third-order valence-corrected chi connectivity index (χ3v) is 5.01. The van der Waals surface area contributed by atoms with E-state index in [1.165, 1.54) is 50.6 Å². The molecule has 0 spiro atoms. The zero-order valence-electron chi connectivity index (χ0n) is 13.4. The molecule has 3 nitrogen and oxygen atoms in total. The molecule has 1 heterocycles. The SMILES string of the molecule is CCCCC1CCC(C(NC)c2ccnn2CC)CC1. The van der Waals surface area contributed by atoms with Crippen molar-refractivity contribution in [2.24, 2.45) is 11.8 Å². The summed E-state index contributed by atoms with van der Waals surface area (Å²) >= 11 is 0. The van der Waals surface area contributed by atoms with Crippen LogP contribution in [0.1, 0.15) is 70.5 Å². The second kappa shape index (κ2) is 7.82. The first-order valence-corrected chi connectivity index (χ1v) is 8.49. The summed E-state index contributed by atoms with van der Waals surface area (Å²) < 4.78 is 2.14. The Kier molecular flexibility index (Phi) is 6.08. The van der Waals surface area contributed by atoms with Crippen LogP contribution in [0.25, 0.3) is 0 Å². The molecule has 0 bridgehead atoms. The highest BCUT2D eigenvalue weighted by atomic mass is 15.3. The van der Waals surface area contributed by atoms with E-state index in [2.05, 4.69) is 42.1 Å². The van der Waals surface area contributed by atoms with Crippen LogP contribution in [0.2, 0.25) is 0 Å². The van der Waals surface area contributed by atoms with Gasteiger partial charge in [0, 0.05) is 12.7 Å². The number of nitrogens with one attached hydrogen (secondary N) is 1. The van der Waals surface area contributed by atoms with Crippen molar-refractivity contribution >= 4 is 0 Å². The predicted octanol–water partition coefficient (Wildman–Crippen LogP) is 4.16. The second-order valence-corrected chi connectivity index (χ2v) is 6.26. The Morgan fingerprint density at radius 1 is 1.30 bits per heavy atom. The molecule has 0 aromatic carbocycles. The molecule has 1 aliphatic carbocycles. The molecule has 1 N–H and O–H groups in total. The van der Waals surface area contributed by atoms with Crippen LogP contribution in [0.5, 0.6) is 0 Å². The lowest BCUT2D eigenvalue weighted by atomic mass is 9.76. The lowest BCUT2D eigenvalue weighted by Crippen LogP contribution is -2.30. The van der Waals surface area contributed by atoms with Crippen molar-refractivity contribution in [3.8, 4) is 0 Å². The van der Waals surface area contributed by atoms with Gasteiger partial charge in [-0.3, -0.25) is 4.68 Å². The van der Waals surface area contributed by atoms with E-state index in [1.807, 2.05) is 6.20 Å². The van der Waals surface area contributed by atoms with E-state index in [9.17, 15) is 0 Å². The average Bonchev–Trinajstić information content (AvgIpc) is 2.95. The van der Waals surface area contributed by atoms with Crippen molar-refractivity contribution < 1.29 is 0 Å². The van der Waals surface area contributed by atoms with Crippen LogP contribution in [0.4, 0.5) is 0 Å². The summed E-state index contributed by atoms with van der Waals surface area (Å²) in [5.41, 5.74) is 1.37. The van der Waals surface area contributed by atoms with E-state index in [0.717, 1.165) is 18.4 Å². The topological polar surface area (TPSA) is 29.9 Å². The number of rotatable bonds is 7. The van der Waals surface area contributed by atoms with Crippen LogP contribution >= 0.6 is 0 Å². The third-order valence-electron chi connectivity index (χ3n) is 5.01. The molecule has 1 fully saturated rings. The smallest absolute Gasteiger partial charge is 0.0556 e. The Morgan fingerprint density at radius 2 is 2.05 bits per heavy atom. The van der Waals surface area contributed by atoms with E-state index < -0.39 is 0 Å². The van der Waals surface area contributed by atoms with Gasteiger partial charge in [0.15, 0.2) is 0 Å². The number of aromatic nitrogens is 2. The van der Waals surface area contributed by atoms with Gasteiger partial charge in [-0.05, 0) is 44.7 Å². The van der Waals surface area contributed by atoms with Gasteiger partial charge in [0.1, 0.15) is 0 Å². The first-order chi connectivity index (χ1) is 9.80. The summed E-state index contributed by atoms with van der Waals surface area (Å²) in [6.45, 7) is 5.44. The fourth-order valence-corrected chi connectivity index (χ4v) is 3.80. The van der Waals surface area contributed by atoms with Crippen molar-refractivity contribution in [1.29, 1.82) is 0 Å². The molecule has 1 aromatic heterocycles. The highest BCUT2D eigenvalue weighted by Gasteiger charge is 2.29. The normalized spacial score (nSPS) is 24.8. The minimum atomic E-state index is 0.476.